The molecule has 1 amide bonds. The molecule has 0 spiro atoms. The van der Waals surface area contributed by atoms with Crippen LogP contribution >= 0.6 is 0 Å². The van der Waals surface area contributed by atoms with Gasteiger partial charge in [-0.25, -0.2) is 4.39 Å². The Hall–Kier alpha value is -2.56. The van der Waals surface area contributed by atoms with Crippen molar-refractivity contribution in [3.63, 3.8) is 0 Å². The normalized spacial score (nSPS) is 12.3. The molecule has 2 aromatic rings. The number of carbonyl (C=O) groups is 1. The van der Waals surface area contributed by atoms with E-state index in [2.05, 4.69) is 5.32 Å². The fraction of sp³-hybridized carbons (Fsp3) is 0.133. The van der Waals surface area contributed by atoms with Crippen molar-refractivity contribution in [2.24, 2.45) is 0 Å². The molecule has 20 heavy (non-hydrogen) atoms. The number of amides is 1. The third-order valence-corrected chi connectivity index (χ3v) is 3.06. The Balaban J connectivity index is 1.80. The summed E-state index contributed by atoms with van der Waals surface area (Å²) in [6.07, 6.45) is 0. The van der Waals surface area contributed by atoms with E-state index < -0.39 is 5.82 Å². The van der Waals surface area contributed by atoms with Gasteiger partial charge in [0.05, 0.1) is 0 Å². The Kier molecular flexibility index (Phi) is 3.02. The van der Waals surface area contributed by atoms with E-state index in [9.17, 15) is 9.18 Å². The number of fused-ring (bicyclic) bond motifs is 1. The fourth-order valence-electron chi connectivity index (χ4n) is 1.91. The number of nitrogens with one attached hydrogen (secondary N) is 1. The van der Waals surface area contributed by atoms with Crippen molar-refractivity contribution < 1.29 is 18.7 Å². The molecule has 0 unspecified atom stereocenters. The molecule has 0 radical (unpaired) electrons. The van der Waals surface area contributed by atoms with Crippen LogP contribution in [0.25, 0.3) is 0 Å². The van der Waals surface area contributed by atoms with Crippen molar-refractivity contribution in [1.82, 2.24) is 0 Å². The molecule has 0 aromatic heterocycles. The lowest BCUT2D eigenvalue weighted by Crippen LogP contribution is -2.12. The average Bonchev–Trinajstić information content (AvgIpc) is 2.89. The summed E-state index contributed by atoms with van der Waals surface area (Å²) in [5.74, 6) is 0.452. The van der Waals surface area contributed by atoms with Crippen molar-refractivity contribution in [2.45, 2.75) is 6.92 Å². The van der Waals surface area contributed by atoms with Gasteiger partial charge in [0.25, 0.3) is 5.91 Å². The van der Waals surface area contributed by atoms with Crippen molar-refractivity contribution in [1.29, 1.82) is 0 Å². The number of ether oxygens (including phenoxy) is 2. The third-order valence-electron chi connectivity index (χ3n) is 3.06. The minimum atomic E-state index is -0.400. The molecule has 0 bridgehead atoms. The van der Waals surface area contributed by atoms with Crippen molar-refractivity contribution in [3.05, 3.63) is 53.3 Å². The topological polar surface area (TPSA) is 47.6 Å². The molecule has 3 rings (SSSR count). The van der Waals surface area contributed by atoms with E-state index in [0.717, 1.165) is 0 Å². The highest BCUT2D eigenvalue weighted by Gasteiger charge is 2.15. The van der Waals surface area contributed by atoms with Crippen LogP contribution in [0.2, 0.25) is 0 Å². The van der Waals surface area contributed by atoms with Gasteiger partial charge in [-0.15, -0.1) is 0 Å². The van der Waals surface area contributed by atoms with Gasteiger partial charge in [-0.2, -0.15) is 0 Å². The summed E-state index contributed by atoms with van der Waals surface area (Å²) in [7, 11) is 0. The minimum absolute atomic E-state index is 0.176. The fourth-order valence-corrected chi connectivity index (χ4v) is 1.91. The maximum Gasteiger partial charge on any atom is 0.255 e. The van der Waals surface area contributed by atoms with E-state index in [1.807, 2.05) is 0 Å². The van der Waals surface area contributed by atoms with Gasteiger partial charge in [0, 0.05) is 17.3 Å². The second kappa shape index (κ2) is 4.85. The van der Waals surface area contributed by atoms with Crippen LogP contribution in [0.15, 0.2) is 36.4 Å². The zero-order valence-electron chi connectivity index (χ0n) is 10.8. The highest BCUT2D eigenvalue weighted by atomic mass is 19.1. The first-order valence-electron chi connectivity index (χ1n) is 6.10. The molecule has 0 saturated carbocycles. The lowest BCUT2D eigenvalue weighted by Gasteiger charge is -2.07. The van der Waals surface area contributed by atoms with Crippen molar-refractivity contribution >= 4 is 11.6 Å². The maximum absolute atomic E-state index is 13.4. The number of hydrogen-bond acceptors (Lipinski definition) is 3. The largest absolute Gasteiger partial charge is 0.454 e. The predicted molar refractivity (Wildman–Crippen MR) is 71.7 cm³/mol. The van der Waals surface area contributed by atoms with Crippen LogP contribution in [-0.2, 0) is 0 Å². The SMILES string of the molecule is Cc1ccc(C(=O)Nc2ccc3c(c2)OCO3)cc1F. The predicted octanol–water partition coefficient (Wildman–Crippen LogP) is 3.12. The zero-order chi connectivity index (χ0) is 14.1. The minimum Gasteiger partial charge on any atom is -0.454 e. The van der Waals surface area contributed by atoms with Gasteiger partial charge in [0.15, 0.2) is 11.5 Å². The quantitative estimate of drug-likeness (QED) is 0.914. The first kappa shape index (κ1) is 12.5. The molecular weight excluding hydrogens is 261 g/mol. The van der Waals surface area contributed by atoms with Crippen LogP contribution in [0.1, 0.15) is 15.9 Å². The molecule has 1 heterocycles. The van der Waals surface area contributed by atoms with Gasteiger partial charge in [0.2, 0.25) is 6.79 Å². The second-order valence-corrected chi connectivity index (χ2v) is 4.49. The number of hydrogen-bond donors (Lipinski definition) is 1. The van der Waals surface area contributed by atoms with E-state index in [4.69, 9.17) is 9.47 Å². The second-order valence-electron chi connectivity index (χ2n) is 4.49. The van der Waals surface area contributed by atoms with Crippen LogP contribution in [0.4, 0.5) is 10.1 Å². The third kappa shape index (κ3) is 2.30. The number of halogens is 1. The molecule has 0 saturated heterocycles. The number of anilines is 1. The molecule has 4 nitrogen and oxygen atoms in total. The number of rotatable bonds is 2. The van der Waals surface area contributed by atoms with E-state index >= 15 is 0 Å². The summed E-state index contributed by atoms with van der Waals surface area (Å²) < 4.78 is 23.9. The Morgan fingerprint density at radius 2 is 1.95 bits per heavy atom. The van der Waals surface area contributed by atoms with Crippen LogP contribution in [0, 0.1) is 12.7 Å². The zero-order valence-corrected chi connectivity index (χ0v) is 10.8. The lowest BCUT2D eigenvalue weighted by atomic mass is 10.1. The summed E-state index contributed by atoms with van der Waals surface area (Å²) in [6, 6.07) is 9.47. The number of aryl methyl sites for hydroxylation is 1. The van der Waals surface area contributed by atoms with Crippen LogP contribution in [0.5, 0.6) is 11.5 Å². The molecular formula is C15H12FNO3. The van der Waals surface area contributed by atoms with Crippen molar-refractivity contribution in [2.75, 3.05) is 12.1 Å². The van der Waals surface area contributed by atoms with Gasteiger partial charge in [-0.3, -0.25) is 4.79 Å². The number of carbonyl (C=O) groups excluding carboxylic acids is 1. The maximum atomic E-state index is 13.4. The lowest BCUT2D eigenvalue weighted by molar-refractivity contribution is 0.102. The van der Waals surface area contributed by atoms with Gasteiger partial charge < -0.3 is 14.8 Å². The molecule has 0 atom stereocenters. The molecule has 1 N–H and O–H groups in total. The monoisotopic (exact) mass is 273 g/mol. The highest BCUT2D eigenvalue weighted by molar-refractivity contribution is 6.04. The summed E-state index contributed by atoms with van der Waals surface area (Å²) >= 11 is 0. The molecule has 102 valence electrons. The van der Waals surface area contributed by atoms with E-state index in [1.165, 1.54) is 6.07 Å². The van der Waals surface area contributed by atoms with Gasteiger partial charge in [-0.1, -0.05) is 6.07 Å². The molecule has 5 heteroatoms. The molecule has 2 aromatic carbocycles. The van der Waals surface area contributed by atoms with E-state index in [-0.39, 0.29) is 18.3 Å². The van der Waals surface area contributed by atoms with Crippen molar-refractivity contribution in [3.8, 4) is 11.5 Å². The Morgan fingerprint density at radius 3 is 2.75 bits per heavy atom. The van der Waals surface area contributed by atoms with E-state index in [1.54, 1.807) is 37.3 Å². The molecule has 0 aliphatic carbocycles. The smallest absolute Gasteiger partial charge is 0.255 e. The summed E-state index contributed by atoms with van der Waals surface area (Å²) in [4.78, 5) is 12.0. The first-order chi connectivity index (χ1) is 9.63. The summed E-state index contributed by atoms with van der Waals surface area (Å²) in [5.41, 5.74) is 1.34. The molecule has 1 aliphatic rings. The Labute approximate surface area is 115 Å². The number of benzene rings is 2. The molecule has 0 fully saturated rings. The first-order valence-corrected chi connectivity index (χ1v) is 6.10. The van der Waals surface area contributed by atoms with E-state index in [0.29, 0.717) is 22.7 Å². The van der Waals surface area contributed by atoms with Crippen LogP contribution in [-0.4, -0.2) is 12.7 Å². The Morgan fingerprint density at radius 1 is 1.15 bits per heavy atom. The standard InChI is InChI=1S/C15H12FNO3/c1-9-2-3-10(6-12(9)16)15(18)17-11-4-5-13-14(7-11)20-8-19-13/h2-7H,8H2,1H3,(H,17,18). The van der Waals surface area contributed by atoms with Gasteiger partial charge in [-0.05, 0) is 36.8 Å². The summed E-state index contributed by atoms with van der Waals surface area (Å²) in [5, 5.41) is 2.69. The van der Waals surface area contributed by atoms with Gasteiger partial charge >= 0.3 is 0 Å². The summed E-state index contributed by atoms with van der Waals surface area (Å²) in [6.45, 7) is 1.82. The molecule has 1 aliphatic heterocycles. The van der Waals surface area contributed by atoms with Crippen LogP contribution in [0.3, 0.4) is 0 Å². The van der Waals surface area contributed by atoms with Crippen LogP contribution < -0.4 is 14.8 Å². The highest BCUT2D eigenvalue weighted by Crippen LogP contribution is 2.34. The van der Waals surface area contributed by atoms with Gasteiger partial charge in [0.1, 0.15) is 5.82 Å². The average molecular weight is 273 g/mol. The Bertz CT molecular complexity index is 685.